The van der Waals surface area contributed by atoms with E-state index in [1.165, 1.54) is 6.92 Å². The van der Waals surface area contributed by atoms with E-state index in [-0.39, 0.29) is 25.1 Å². The normalized spacial score (nSPS) is 21.0. The molecule has 0 bridgehead atoms. The number of carbonyl (C=O) groups excluding carboxylic acids is 1. The lowest BCUT2D eigenvalue weighted by atomic mass is 9.90. The first-order chi connectivity index (χ1) is 11.5. The Morgan fingerprint density at radius 1 is 1.40 bits per heavy atom. The Balaban J connectivity index is 2.55. The summed E-state index contributed by atoms with van der Waals surface area (Å²) in [5, 5.41) is 20.2. The van der Waals surface area contributed by atoms with Gasteiger partial charge in [0.05, 0.1) is 23.0 Å². The van der Waals surface area contributed by atoms with E-state index >= 15 is 0 Å². The first-order valence-electron chi connectivity index (χ1n) is 7.13. The Morgan fingerprint density at radius 2 is 2.04 bits per heavy atom. The third-order valence-corrected chi connectivity index (χ3v) is 6.04. The predicted octanol–water partition coefficient (Wildman–Crippen LogP) is 0.867. The van der Waals surface area contributed by atoms with Crippen LogP contribution in [0.25, 0.3) is 0 Å². The lowest BCUT2D eigenvalue weighted by Gasteiger charge is -2.20. The number of benzene rings is 1. The number of carboxylic acids is 1. The van der Waals surface area contributed by atoms with Gasteiger partial charge in [-0.1, -0.05) is 0 Å². The highest BCUT2D eigenvalue weighted by molar-refractivity contribution is 7.89. The number of sulfonamides is 1. The Hall–Kier alpha value is -2.53. The average molecular weight is 372 g/mol. The summed E-state index contributed by atoms with van der Waals surface area (Å²) in [7, 11) is -3.27. The third kappa shape index (κ3) is 3.33. The summed E-state index contributed by atoms with van der Waals surface area (Å²) < 4.78 is 31.2. The van der Waals surface area contributed by atoms with Crippen LogP contribution in [0, 0.1) is 15.5 Å². The van der Waals surface area contributed by atoms with E-state index in [0.717, 1.165) is 29.6 Å². The molecule has 1 atom stereocenters. The summed E-state index contributed by atoms with van der Waals surface area (Å²) in [6.45, 7) is 1.04. The van der Waals surface area contributed by atoms with E-state index < -0.39 is 42.9 Å². The van der Waals surface area contributed by atoms with Crippen LogP contribution in [0.15, 0.2) is 23.1 Å². The zero-order valence-electron chi connectivity index (χ0n) is 13.5. The Kier molecular flexibility index (Phi) is 4.82. The maximum atomic E-state index is 12.9. The second-order valence-electron chi connectivity index (χ2n) is 5.88. The number of methoxy groups -OCH3 is 1. The van der Waals surface area contributed by atoms with E-state index in [0.29, 0.717) is 0 Å². The van der Waals surface area contributed by atoms with Crippen molar-refractivity contribution in [3.63, 3.8) is 0 Å². The topological polar surface area (TPSA) is 144 Å². The van der Waals surface area contributed by atoms with Gasteiger partial charge in [0.1, 0.15) is 4.90 Å². The van der Waals surface area contributed by atoms with Crippen molar-refractivity contribution in [3.05, 3.63) is 33.9 Å². The third-order valence-electron chi connectivity index (χ3n) is 4.15. The number of nitro benzene ring substituents is 1. The van der Waals surface area contributed by atoms with E-state index in [4.69, 9.17) is 0 Å². The molecule has 0 aromatic heterocycles. The quantitative estimate of drug-likeness (QED) is 0.455. The van der Waals surface area contributed by atoms with Crippen LogP contribution in [-0.4, -0.2) is 54.9 Å². The van der Waals surface area contributed by atoms with Gasteiger partial charge in [-0.25, -0.2) is 13.2 Å². The van der Waals surface area contributed by atoms with Crippen LogP contribution in [0.2, 0.25) is 0 Å². The molecule has 25 heavy (non-hydrogen) atoms. The number of nitrogens with zero attached hydrogens (tertiary/aromatic N) is 2. The fraction of sp³-hybridized carbons (Fsp3) is 0.429. The zero-order valence-corrected chi connectivity index (χ0v) is 14.3. The number of carbonyl (C=O) groups is 2. The van der Waals surface area contributed by atoms with Crippen LogP contribution in [0.1, 0.15) is 23.7 Å². The van der Waals surface area contributed by atoms with Crippen molar-refractivity contribution >= 4 is 27.6 Å². The Labute approximate surface area is 143 Å². The van der Waals surface area contributed by atoms with Gasteiger partial charge in [-0.3, -0.25) is 14.9 Å². The summed E-state index contributed by atoms with van der Waals surface area (Å²) in [4.78, 5) is 32.7. The summed E-state index contributed by atoms with van der Waals surface area (Å²) in [5.41, 5.74) is -2.12. The van der Waals surface area contributed by atoms with Gasteiger partial charge in [-0.15, -0.1) is 0 Å². The monoisotopic (exact) mass is 372 g/mol. The fourth-order valence-electron chi connectivity index (χ4n) is 2.55. The SMILES string of the molecule is COC(=O)c1ccc([N+](=O)[O-])cc1S(=O)(=O)N1CCC(C)(C(=O)O)C1. The number of hydrogen-bond acceptors (Lipinski definition) is 7. The van der Waals surface area contributed by atoms with E-state index in [9.17, 15) is 33.2 Å². The minimum Gasteiger partial charge on any atom is -0.481 e. The highest BCUT2D eigenvalue weighted by atomic mass is 32.2. The molecule has 1 aliphatic heterocycles. The predicted molar refractivity (Wildman–Crippen MR) is 83.6 cm³/mol. The zero-order chi connectivity index (χ0) is 19.0. The van der Waals surface area contributed by atoms with E-state index in [1.54, 1.807) is 0 Å². The number of rotatable bonds is 5. The van der Waals surface area contributed by atoms with Crippen LogP contribution < -0.4 is 0 Å². The average Bonchev–Trinajstić information content (AvgIpc) is 2.98. The van der Waals surface area contributed by atoms with Gasteiger partial charge in [-0.05, 0) is 19.4 Å². The summed E-state index contributed by atoms with van der Waals surface area (Å²) in [5.74, 6) is -2.11. The smallest absolute Gasteiger partial charge is 0.339 e. The van der Waals surface area contributed by atoms with Crippen molar-refractivity contribution in [2.24, 2.45) is 5.41 Å². The Bertz CT molecular complexity index is 850. The minimum atomic E-state index is -4.32. The van der Waals surface area contributed by atoms with Crippen molar-refractivity contribution < 1.29 is 32.8 Å². The molecule has 1 unspecified atom stereocenters. The maximum Gasteiger partial charge on any atom is 0.339 e. The first-order valence-corrected chi connectivity index (χ1v) is 8.57. The van der Waals surface area contributed by atoms with Gasteiger partial charge in [-0.2, -0.15) is 4.31 Å². The molecule has 1 aliphatic rings. The molecule has 0 amide bonds. The first kappa shape index (κ1) is 18.8. The summed E-state index contributed by atoms with van der Waals surface area (Å²) >= 11 is 0. The van der Waals surface area contributed by atoms with E-state index in [1.807, 2.05) is 0 Å². The van der Waals surface area contributed by atoms with Crippen molar-refractivity contribution in [2.45, 2.75) is 18.2 Å². The highest BCUT2D eigenvalue weighted by Crippen LogP contribution is 2.35. The molecule has 1 fully saturated rings. The number of non-ortho nitro benzene ring substituents is 1. The largest absolute Gasteiger partial charge is 0.481 e. The molecular weight excluding hydrogens is 356 g/mol. The van der Waals surface area contributed by atoms with Gasteiger partial charge in [0.2, 0.25) is 10.0 Å². The van der Waals surface area contributed by atoms with Crippen LogP contribution in [0.5, 0.6) is 0 Å². The molecule has 1 N–H and O–H groups in total. The lowest BCUT2D eigenvalue weighted by molar-refractivity contribution is -0.385. The number of esters is 1. The standard InChI is InChI=1S/C14H16N2O8S/c1-14(13(18)19)5-6-15(8-14)25(22,23)11-7-9(16(20)21)3-4-10(11)12(17)24-2/h3-4,7H,5-6,8H2,1-2H3,(H,18,19). The number of nitro groups is 1. The molecule has 1 heterocycles. The van der Waals surface area contributed by atoms with Gasteiger partial charge >= 0.3 is 11.9 Å². The van der Waals surface area contributed by atoms with Crippen LogP contribution in [0.4, 0.5) is 5.69 Å². The van der Waals surface area contributed by atoms with Crippen molar-refractivity contribution in [2.75, 3.05) is 20.2 Å². The number of hydrogen-bond donors (Lipinski definition) is 1. The Morgan fingerprint density at radius 3 is 2.52 bits per heavy atom. The number of aliphatic carboxylic acids is 1. The van der Waals surface area contributed by atoms with E-state index in [2.05, 4.69) is 4.74 Å². The van der Waals surface area contributed by atoms with Gasteiger partial charge < -0.3 is 9.84 Å². The van der Waals surface area contributed by atoms with Crippen molar-refractivity contribution in [3.8, 4) is 0 Å². The van der Waals surface area contributed by atoms with Crippen molar-refractivity contribution in [1.82, 2.24) is 4.31 Å². The minimum absolute atomic E-state index is 0.0750. The molecule has 1 aromatic carbocycles. The molecular formula is C14H16N2O8S. The molecule has 1 aromatic rings. The van der Waals surface area contributed by atoms with Gasteiger partial charge in [0.25, 0.3) is 5.69 Å². The maximum absolute atomic E-state index is 12.9. The highest BCUT2D eigenvalue weighted by Gasteiger charge is 2.45. The fourth-order valence-corrected chi connectivity index (χ4v) is 4.32. The molecule has 0 radical (unpaired) electrons. The van der Waals surface area contributed by atoms with Gasteiger partial charge in [0, 0.05) is 25.2 Å². The second-order valence-corrected chi connectivity index (χ2v) is 7.79. The molecule has 11 heteroatoms. The molecule has 0 saturated carbocycles. The lowest BCUT2D eigenvalue weighted by Crippen LogP contribution is -2.35. The summed E-state index contributed by atoms with van der Waals surface area (Å²) in [6.07, 6.45) is 0.0873. The number of ether oxygens (including phenoxy) is 1. The van der Waals surface area contributed by atoms with Gasteiger partial charge in [0.15, 0.2) is 0 Å². The molecule has 2 rings (SSSR count). The summed E-state index contributed by atoms with van der Waals surface area (Å²) in [6, 6.07) is 2.78. The van der Waals surface area contributed by atoms with Crippen LogP contribution in [0.3, 0.4) is 0 Å². The van der Waals surface area contributed by atoms with Crippen LogP contribution >= 0.6 is 0 Å². The molecule has 1 saturated heterocycles. The number of carboxylic acid groups (broad SMARTS) is 1. The molecule has 0 aliphatic carbocycles. The van der Waals surface area contributed by atoms with Crippen LogP contribution in [-0.2, 0) is 19.6 Å². The van der Waals surface area contributed by atoms with Crippen molar-refractivity contribution in [1.29, 1.82) is 0 Å². The second kappa shape index (κ2) is 6.41. The molecule has 136 valence electrons. The molecule has 10 nitrogen and oxygen atoms in total. The molecule has 0 spiro atoms.